The molecule has 2 unspecified atom stereocenters. The molecule has 2 aliphatic heterocycles. The monoisotopic (exact) mass is 749 g/mol. The van der Waals surface area contributed by atoms with Crippen molar-refractivity contribution in [3.8, 4) is 0 Å². The van der Waals surface area contributed by atoms with Gasteiger partial charge in [-0.25, -0.2) is 0 Å². The molecule has 3 N–H and O–H groups in total. The minimum atomic E-state index is 0.658. The average molecular weight is 750 g/mol. The maximum Gasteiger partial charge on any atom is 0.209 e. The first-order valence-corrected chi connectivity index (χ1v) is 21.7. The van der Waals surface area contributed by atoms with Crippen LogP contribution in [0.1, 0.15) is 161 Å². The number of piperidine rings is 1. The number of rotatable bonds is 16. The summed E-state index contributed by atoms with van der Waals surface area (Å²) in [4.78, 5) is 24.4. The lowest BCUT2D eigenvalue weighted by Crippen LogP contribution is -2.40. The predicted octanol–water partition coefficient (Wildman–Crippen LogP) is 12.1. The Hall–Kier alpha value is -2.09. The first-order chi connectivity index (χ1) is 24.7. The van der Waals surface area contributed by atoms with Gasteiger partial charge in [0, 0.05) is 31.6 Å². The van der Waals surface area contributed by atoms with E-state index in [1.165, 1.54) is 113 Å². The number of carbonyl (C=O) groups is 2. The first kappa shape index (κ1) is 48.9. The fourth-order valence-electron chi connectivity index (χ4n) is 6.24. The molecule has 2 atom stereocenters. The molecule has 2 aromatic rings. The van der Waals surface area contributed by atoms with Gasteiger partial charge in [-0.1, -0.05) is 118 Å². The SMILES string of the molecule is CCCC=O.CCCCC.CCCCCC(CCC)Nc1sccc1CC.CCc1cc(C)cc(Cl)c1N.O=CN1CCC(N2CCCCC2)C1. The third-order valence-electron chi connectivity index (χ3n) is 9.36. The first-order valence-electron chi connectivity index (χ1n) is 20.4. The lowest BCUT2D eigenvalue weighted by molar-refractivity contribution is -0.117. The van der Waals surface area contributed by atoms with Gasteiger partial charge in [-0.05, 0) is 106 Å². The van der Waals surface area contributed by atoms with E-state index in [-0.39, 0.29) is 0 Å². The molecule has 1 amide bonds. The molecule has 0 spiro atoms. The van der Waals surface area contributed by atoms with Crippen LogP contribution in [0.2, 0.25) is 5.02 Å². The van der Waals surface area contributed by atoms with Crippen LogP contribution in [0.15, 0.2) is 23.6 Å². The molecular formula is C43H77ClN4O2S. The number of hydrogen-bond donors (Lipinski definition) is 2. The molecule has 6 nitrogen and oxygen atoms in total. The number of nitrogens with zero attached hydrogens (tertiary/aromatic N) is 2. The Balaban J connectivity index is 0.000000659. The zero-order chi connectivity index (χ0) is 38.3. The maximum atomic E-state index is 10.5. The number of nitrogens with two attached hydrogens (primary N) is 1. The maximum absolute atomic E-state index is 10.5. The van der Waals surface area contributed by atoms with Gasteiger partial charge in [-0.3, -0.25) is 9.69 Å². The molecule has 0 saturated carbocycles. The van der Waals surface area contributed by atoms with Gasteiger partial charge >= 0.3 is 0 Å². The number of likely N-dealkylation sites (tertiary alicyclic amines) is 2. The van der Waals surface area contributed by atoms with Gasteiger partial charge in [0.1, 0.15) is 6.29 Å². The fraction of sp³-hybridized carbons (Fsp3) is 0.721. The van der Waals surface area contributed by atoms with Crippen molar-refractivity contribution < 1.29 is 9.59 Å². The summed E-state index contributed by atoms with van der Waals surface area (Å²) in [5.74, 6) is 0. The van der Waals surface area contributed by atoms with E-state index in [4.69, 9.17) is 17.3 Å². The molecule has 4 rings (SSSR count). The van der Waals surface area contributed by atoms with Crippen molar-refractivity contribution in [1.29, 1.82) is 0 Å². The summed E-state index contributed by atoms with van der Waals surface area (Å²) in [7, 11) is 0. The second-order valence-electron chi connectivity index (χ2n) is 13.9. The summed E-state index contributed by atoms with van der Waals surface area (Å²) in [6.45, 7) is 21.7. The quantitative estimate of drug-likeness (QED) is 0.101. The van der Waals surface area contributed by atoms with Gasteiger partial charge < -0.3 is 20.7 Å². The number of nitrogen functional groups attached to an aromatic ring is 1. The Morgan fingerprint density at radius 3 is 2.02 bits per heavy atom. The molecule has 3 heterocycles. The Morgan fingerprint density at radius 1 is 0.863 bits per heavy atom. The zero-order valence-corrected chi connectivity index (χ0v) is 35.6. The Bertz CT molecular complexity index is 1120. The van der Waals surface area contributed by atoms with Crippen LogP contribution in [-0.2, 0) is 22.4 Å². The highest BCUT2D eigenvalue weighted by Crippen LogP contribution is 2.27. The standard InChI is InChI=1S/C15H27NS.C10H18N2O.C9H12ClN.C5H12.C4H8O/c1-4-7-8-10-14(9-5-2)16-15-13(6-3)11-12-17-15;13-9-11-7-4-10(8-11)12-5-2-1-3-6-12;1-3-7-4-6(2)5-8(10)9(7)11;1-3-5-4-2;1-2-3-4-5/h11-12,14,16H,4-10H2,1-3H3;9-10H,1-8H2;4-5H,3,11H2,1-2H3;3-5H2,1-2H3;4H,2-3H2,1H3. The lowest BCUT2D eigenvalue weighted by Gasteiger charge is -2.31. The highest BCUT2D eigenvalue weighted by molar-refractivity contribution is 7.14. The Morgan fingerprint density at radius 2 is 1.53 bits per heavy atom. The number of hydrogen-bond acceptors (Lipinski definition) is 6. The topological polar surface area (TPSA) is 78.7 Å². The predicted molar refractivity (Wildman–Crippen MR) is 228 cm³/mol. The lowest BCUT2D eigenvalue weighted by atomic mass is 10.0. The number of benzene rings is 1. The van der Waals surface area contributed by atoms with E-state index < -0.39 is 0 Å². The number of amides is 1. The van der Waals surface area contributed by atoms with Gasteiger partial charge in [0.15, 0.2) is 0 Å². The van der Waals surface area contributed by atoms with Crippen LogP contribution in [0.25, 0.3) is 0 Å². The third kappa shape index (κ3) is 22.6. The van der Waals surface area contributed by atoms with Crippen molar-refractivity contribution in [2.24, 2.45) is 0 Å². The zero-order valence-electron chi connectivity index (χ0n) is 34.0. The molecule has 0 bridgehead atoms. The van der Waals surface area contributed by atoms with Crippen molar-refractivity contribution in [2.45, 2.75) is 177 Å². The number of thiophene rings is 1. The minimum absolute atomic E-state index is 0.658. The Labute approximate surface area is 323 Å². The van der Waals surface area contributed by atoms with Gasteiger partial charge in [0.05, 0.1) is 15.7 Å². The van der Waals surface area contributed by atoms with Crippen LogP contribution in [-0.4, -0.2) is 60.8 Å². The molecule has 2 saturated heterocycles. The van der Waals surface area contributed by atoms with Crippen molar-refractivity contribution in [1.82, 2.24) is 9.80 Å². The van der Waals surface area contributed by atoms with Crippen LogP contribution in [0.4, 0.5) is 10.7 Å². The van der Waals surface area contributed by atoms with E-state index in [2.05, 4.69) is 69.3 Å². The minimum Gasteiger partial charge on any atom is -0.397 e. The molecule has 2 aliphatic rings. The van der Waals surface area contributed by atoms with E-state index in [9.17, 15) is 9.59 Å². The molecule has 2 fully saturated rings. The molecule has 0 radical (unpaired) electrons. The number of nitrogens with one attached hydrogen (secondary N) is 1. The van der Waals surface area contributed by atoms with Crippen LogP contribution >= 0.6 is 22.9 Å². The van der Waals surface area contributed by atoms with E-state index in [0.29, 0.717) is 23.5 Å². The third-order valence-corrected chi connectivity index (χ3v) is 10.6. The number of unbranched alkanes of at least 4 members (excludes halogenated alkanes) is 5. The van der Waals surface area contributed by atoms with Crippen LogP contribution < -0.4 is 11.1 Å². The second kappa shape index (κ2) is 32.6. The summed E-state index contributed by atoms with van der Waals surface area (Å²) in [5.41, 5.74) is 10.2. The van der Waals surface area contributed by atoms with E-state index in [1.54, 1.807) is 0 Å². The van der Waals surface area contributed by atoms with Crippen molar-refractivity contribution in [3.05, 3.63) is 45.3 Å². The largest absolute Gasteiger partial charge is 0.397 e. The summed E-state index contributed by atoms with van der Waals surface area (Å²) in [6.07, 6.45) is 23.0. The number of carbonyl (C=O) groups excluding carboxylic acids is 2. The smallest absolute Gasteiger partial charge is 0.209 e. The van der Waals surface area contributed by atoms with Crippen molar-refractivity contribution in [3.63, 3.8) is 0 Å². The van der Waals surface area contributed by atoms with E-state index >= 15 is 0 Å². The number of aldehydes is 1. The molecule has 8 heteroatoms. The van der Waals surface area contributed by atoms with Crippen LogP contribution in [0.3, 0.4) is 0 Å². The van der Waals surface area contributed by atoms with Gasteiger partial charge in [-0.15, -0.1) is 11.3 Å². The van der Waals surface area contributed by atoms with E-state index in [0.717, 1.165) is 56.3 Å². The summed E-state index contributed by atoms with van der Waals surface area (Å²) in [5, 5.41) is 8.03. The Kier molecular flexibility index (Phi) is 31.2. The molecule has 0 aliphatic carbocycles. The molecule has 51 heavy (non-hydrogen) atoms. The van der Waals surface area contributed by atoms with Crippen molar-refractivity contribution in [2.75, 3.05) is 37.2 Å². The second-order valence-corrected chi connectivity index (χ2v) is 15.2. The van der Waals surface area contributed by atoms with Crippen LogP contribution in [0.5, 0.6) is 0 Å². The summed E-state index contributed by atoms with van der Waals surface area (Å²) in [6, 6.07) is 7.54. The van der Waals surface area contributed by atoms with Gasteiger partial charge in [-0.2, -0.15) is 0 Å². The number of aryl methyl sites for hydroxylation is 3. The number of anilines is 2. The van der Waals surface area contributed by atoms with Gasteiger partial charge in [0.25, 0.3) is 0 Å². The molecule has 294 valence electrons. The average Bonchev–Trinajstić information content (AvgIpc) is 3.82. The summed E-state index contributed by atoms with van der Waals surface area (Å²) < 4.78 is 0. The highest BCUT2D eigenvalue weighted by atomic mass is 35.5. The molecule has 1 aromatic carbocycles. The van der Waals surface area contributed by atoms with E-state index in [1.807, 2.05) is 36.2 Å². The fourth-order valence-corrected chi connectivity index (χ4v) is 7.50. The number of halogens is 1. The highest BCUT2D eigenvalue weighted by Gasteiger charge is 2.27. The van der Waals surface area contributed by atoms with Gasteiger partial charge in [0.2, 0.25) is 6.41 Å². The molecule has 1 aromatic heterocycles. The summed E-state index contributed by atoms with van der Waals surface area (Å²) >= 11 is 7.73. The normalized spacial score (nSPS) is 15.8. The van der Waals surface area contributed by atoms with Crippen molar-refractivity contribution >= 4 is 46.3 Å². The molecular weight excluding hydrogens is 672 g/mol. The van der Waals surface area contributed by atoms with Crippen LogP contribution in [0, 0.1) is 6.92 Å².